The lowest BCUT2D eigenvalue weighted by molar-refractivity contribution is 0.251. The van der Waals surface area contributed by atoms with Gasteiger partial charge in [0.2, 0.25) is 0 Å². The summed E-state index contributed by atoms with van der Waals surface area (Å²) in [6, 6.07) is 0.571. The number of nitrogens with one attached hydrogen (secondary N) is 1. The van der Waals surface area contributed by atoms with Gasteiger partial charge in [0.05, 0.1) is 0 Å². The van der Waals surface area contributed by atoms with Crippen LogP contribution in [0, 0.1) is 5.41 Å². The van der Waals surface area contributed by atoms with Gasteiger partial charge in [-0.2, -0.15) is 11.8 Å². The van der Waals surface area contributed by atoms with Crippen LogP contribution in [-0.4, -0.2) is 24.1 Å². The monoisotopic (exact) mass is 219 g/mol. The summed E-state index contributed by atoms with van der Waals surface area (Å²) in [6.07, 6.45) is 1.28. The maximum Gasteiger partial charge on any atom is 0.0310 e. The first-order valence-electron chi connectivity index (χ1n) is 4.67. The van der Waals surface area contributed by atoms with E-state index < -0.39 is 0 Å². The Balaban J connectivity index is 2.41. The molecule has 1 N–H and O–H groups in total. The Hall–Kier alpha value is 0.340. The van der Waals surface area contributed by atoms with Gasteiger partial charge in [-0.3, -0.25) is 0 Å². The fraction of sp³-hybridized carbons (Fsp3) is 0.800. The van der Waals surface area contributed by atoms with Crippen molar-refractivity contribution < 1.29 is 0 Å². The van der Waals surface area contributed by atoms with E-state index in [9.17, 15) is 0 Å². The number of halogens is 1. The Morgan fingerprint density at radius 3 is 2.92 bits per heavy atom. The van der Waals surface area contributed by atoms with Crippen molar-refractivity contribution in [1.29, 1.82) is 0 Å². The molecule has 1 saturated heterocycles. The molecule has 76 valence electrons. The van der Waals surface area contributed by atoms with Gasteiger partial charge in [0.15, 0.2) is 0 Å². The second-order valence-electron chi connectivity index (χ2n) is 4.26. The van der Waals surface area contributed by atoms with Gasteiger partial charge in [-0.15, -0.1) is 0 Å². The third kappa shape index (κ3) is 3.53. The number of thioether (sulfide) groups is 1. The largest absolute Gasteiger partial charge is 0.308 e. The lowest BCUT2D eigenvalue weighted by atomic mass is 9.82. The molecule has 0 aliphatic carbocycles. The molecule has 0 aromatic rings. The Morgan fingerprint density at radius 2 is 2.38 bits per heavy atom. The van der Waals surface area contributed by atoms with E-state index in [0.29, 0.717) is 16.5 Å². The van der Waals surface area contributed by atoms with Crippen molar-refractivity contribution in [2.24, 2.45) is 5.41 Å². The molecule has 1 unspecified atom stereocenters. The Labute approximate surface area is 90.3 Å². The maximum absolute atomic E-state index is 5.73. The van der Waals surface area contributed by atoms with Crippen molar-refractivity contribution in [3.63, 3.8) is 0 Å². The molecular weight excluding hydrogens is 202 g/mol. The van der Waals surface area contributed by atoms with E-state index >= 15 is 0 Å². The summed E-state index contributed by atoms with van der Waals surface area (Å²) >= 11 is 7.75. The van der Waals surface area contributed by atoms with Gasteiger partial charge < -0.3 is 5.32 Å². The second kappa shape index (κ2) is 4.72. The van der Waals surface area contributed by atoms with E-state index in [2.05, 4.69) is 25.7 Å². The average molecular weight is 220 g/mol. The lowest BCUT2D eigenvalue weighted by Crippen LogP contribution is -2.46. The quantitative estimate of drug-likeness (QED) is 0.784. The molecular formula is C10H18ClNS. The minimum absolute atomic E-state index is 0.400. The lowest BCUT2D eigenvalue weighted by Gasteiger charge is -2.38. The van der Waals surface area contributed by atoms with E-state index in [1.165, 1.54) is 17.9 Å². The third-order valence-electron chi connectivity index (χ3n) is 2.66. The summed E-state index contributed by atoms with van der Waals surface area (Å²) in [5.41, 5.74) is 0.400. The highest BCUT2D eigenvalue weighted by molar-refractivity contribution is 7.99. The van der Waals surface area contributed by atoms with Crippen molar-refractivity contribution in [2.75, 3.05) is 18.1 Å². The molecule has 1 fully saturated rings. The summed E-state index contributed by atoms with van der Waals surface area (Å²) in [7, 11) is 0. The summed E-state index contributed by atoms with van der Waals surface area (Å²) in [5.74, 6) is 2.48. The van der Waals surface area contributed by atoms with Crippen molar-refractivity contribution >= 4 is 23.4 Å². The van der Waals surface area contributed by atoms with Crippen LogP contribution in [0.4, 0.5) is 0 Å². The van der Waals surface area contributed by atoms with Crippen LogP contribution in [0.2, 0.25) is 0 Å². The van der Waals surface area contributed by atoms with Crippen LogP contribution in [0.25, 0.3) is 0 Å². The summed E-state index contributed by atoms with van der Waals surface area (Å²) in [6.45, 7) is 9.06. The third-order valence-corrected chi connectivity index (χ3v) is 3.85. The van der Waals surface area contributed by atoms with Crippen LogP contribution in [0.3, 0.4) is 0 Å². The van der Waals surface area contributed by atoms with E-state index in [1.54, 1.807) is 0 Å². The van der Waals surface area contributed by atoms with Gasteiger partial charge in [-0.25, -0.2) is 0 Å². The van der Waals surface area contributed by atoms with Gasteiger partial charge in [0.25, 0.3) is 0 Å². The van der Waals surface area contributed by atoms with Crippen LogP contribution in [0.1, 0.15) is 20.3 Å². The first-order chi connectivity index (χ1) is 6.02. The van der Waals surface area contributed by atoms with E-state index in [1.807, 2.05) is 11.8 Å². The molecule has 1 nitrogen and oxygen atoms in total. The van der Waals surface area contributed by atoms with E-state index in [0.717, 1.165) is 6.54 Å². The number of hydrogen-bond donors (Lipinski definition) is 1. The summed E-state index contributed by atoms with van der Waals surface area (Å²) in [5, 5.41) is 4.16. The summed E-state index contributed by atoms with van der Waals surface area (Å²) in [4.78, 5) is 0. The Kier molecular flexibility index (Phi) is 4.14. The number of rotatable bonds is 3. The maximum atomic E-state index is 5.73. The SMILES string of the molecule is C=C(Cl)CNC1CSCCC1(C)C. The first-order valence-corrected chi connectivity index (χ1v) is 6.20. The topological polar surface area (TPSA) is 12.0 Å². The fourth-order valence-corrected chi connectivity index (χ4v) is 3.22. The number of hydrogen-bond acceptors (Lipinski definition) is 2. The average Bonchev–Trinajstić information content (AvgIpc) is 2.01. The standard InChI is InChI=1S/C10H18ClNS/c1-8(11)6-12-9-7-13-5-4-10(9,2)3/h9,12H,1,4-7H2,2-3H3. The van der Waals surface area contributed by atoms with Crippen LogP contribution in [-0.2, 0) is 0 Å². The normalized spacial score (nSPS) is 27.2. The van der Waals surface area contributed by atoms with Crippen LogP contribution in [0.15, 0.2) is 11.6 Å². The fourth-order valence-electron chi connectivity index (χ4n) is 1.51. The minimum atomic E-state index is 0.400. The predicted octanol–water partition coefficient (Wildman–Crippen LogP) is 2.86. The molecule has 0 spiro atoms. The zero-order valence-corrected chi connectivity index (χ0v) is 9.97. The van der Waals surface area contributed by atoms with Gasteiger partial charge in [-0.05, 0) is 17.6 Å². The molecule has 0 bridgehead atoms. The van der Waals surface area contributed by atoms with E-state index in [-0.39, 0.29) is 0 Å². The van der Waals surface area contributed by atoms with Gasteiger partial charge in [0.1, 0.15) is 0 Å². The van der Waals surface area contributed by atoms with Crippen molar-refractivity contribution in [1.82, 2.24) is 5.32 Å². The second-order valence-corrected chi connectivity index (χ2v) is 5.95. The van der Waals surface area contributed by atoms with Crippen molar-refractivity contribution in [3.05, 3.63) is 11.6 Å². The molecule has 1 atom stereocenters. The van der Waals surface area contributed by atoms with Gasteiger partial charge in [-0.1, -0.05) is 32.0 Å². The minimum Gasteiger partial charge on any atom is -0.308 e. The smallest absolute Gasteiger partial charge is 0.0310 e. The highest BCUT2D eigenvalue weighted by atomic mass is 35.5. The van der Waals surface area contributed by atoms with E-state index in [4.69, 9.17) is 11.6 Å². The van der Waals surface area contributed by atoms with Gasteiger partial charge in [0, 0.05) is 23.4 Å². The molecule has 0 radical (unpaired) electrons. The zero-order valence-electron chi connectivity index (χ0n) is 8.40. The summed E-state index contributed by atoms with van der Waals surface area (Å²) < 4.78 is 0. The van der Waals surface area contributed by atoms with Crippen molar-refractivity contribution in [3.8, 4) is 0 Å². The molecule has 0 aromatic carbocycles. The Morgan fingerprint density at radius 1 is 1.69 bits per heavy atom. The highest BCUT2D eigenvalue weighted by Crippen LogP contribution is 2.34. The molecule has 1 heterocycles. The molecule has 1 aliphatic heterocycles. The predicted molar refractivity (Wildman–Crippen MR) is 62.5 cm³/mol. The Bertz CT molecular complexity index is 191. The van der Waals surface area contributed by atoms with Crippen molar-refractivity contribution in [2.45, 2.75) is 26.3 Å². The van der Waals surface area contributed by atoms with Gasteiger partial charge >= 0.3 is 0 Å². The van der Waals surface area contributed by atoms with Crippen LogP contribution < -0.4 is 5.32 Å². The molecule has 0 aromatic heterocycles. The van der Waals surface area contributed by atoms with Crippen LogP contribution >= 0.6 is 23.4 Å². The molecule has 1 aliphatic rings. The molecule has 0 amide bonds. The highest BCUT2D eigenvalue weighted by Gasteiger charge is 2.31. The molecule has 3 heteroatoms. The molecule has 0 saturated carbocycles. The van der Waals surface area contributed by atoms with Crippen LogP contribution in [0.5, 0.6) is 0 Å². The first kappa shape index (κ1) is 11.4. The molecule has 1 rings (SSSR count). The zero-order chi connectivity index (χ0) is 9.90. The molecule has 13 heavy (non-hydrogen) atoms.